The molecule has 0 aliphatic carbocycles. The lowest BCUT2D eigenvalue weighted by atomic mass is 10.0. The summed E-state index contributed by atoms with van der Waals surface area (Å²) in [5.74, 6) is -0.534. The van der Waals surface area contributed by atoms with Gasteiger partial charge < -0.3 is 33.8 Å². The molecule has 0 heterocycles. The molecule has 0 bridgehead atoms. The Labute approximate surface area is 568 Å². The second kappa shape index (κ2) is 66.0. The van der Waals surface area contributed by atoms with Crippen molar-refractivity contribution in [2.24, 2.45) is 11.8 Å². The first kappa shape index (κ1) is 91.1. The van der Waals surface area contributed by atoms with Crippen LogP contribution in [0.25, 0.3) is 0 Å². The molecule has 0 rings (SSSR count). The van der Waals surface area contributed by atoms with Crippen LogP contribution in [0.5, 0.6) is 0 Å². The van der Waals surface area contributed by atoms with Crippen LogP contribution in [0.4, 0.5) is 0 Å². The van der Waals surface area contributed by atoms with E-state index in [1.54, 1.807) is 0 Å². The number of aliphatic hydroxyl groups is 1. The molecule has 17 nitrogen and oxygen atoms in total. The molecule has 0 aromatic heterocycles. The third-order valence-corrected chi connectivity index (χ3v) is 19.1. The zero-order valence-corrected chi connectivity index (χ0v) is 62.3. The zero-order chi connectivity index (χ0) is 68.6. The predicted molar refractivity (Wildman–Crippen MR) is 377 cm³/mol. The van der Waals surface area contributed by atoms with Crippen LogP contribution in [0.15, 0.2) is 0 Å². The Kier molecular flexibility index (Phi) is 64.6. The fourth-order valence-corrected chi connectivity index (χ4v) is 12.9. The molecule has 5 atom stereocenters. The smallest absolute Gasteiger partial charge is 0.462 e. The molecule has 0 radical (unpaired) electrons. The number of hydrogen-bond acceptors (Lipinski definition) is 15. The average molecular weight is 1370 g/mol. The van der Waals surface area contributed by atoms with Crippen LogP contribution in [0, 0.1) is 11.8 Å². The fourth-order valence-electron chi connectivity index (χ4n) is 11.3. The van der Waals surface area contributed by atoms with E-state index in [1.807, 2.05) is 0 Å². The topological polar surface area (TPSA) is 237 Å². The number of phosphoric acid groups is 2. The second-order valence-corrected chi connectivity index (χ2v) is 30.5. The first-order chi connectivity index (χ1) is 44.9. The quantitative estimate of drug-likeness (QED) is 0.0222. The summed E-state index contributed by atoms with van der Waals surface area (Å²) in [6.07, 6.45) is 53.0. The van der Waals surface area contributed by atoms with Gasteiger partial charge in [-0.2, -0.15) is 0 Å². The summed E-state index contributed by atoms with van der Waals surface area (Å²) in [7, 11) is -9.90. The minimum absolute atomic E-state index is 0.107. The van der Waals surface area contributed by atoms with E-state index in [-0.39, 0.29) is 25.7 Å². The summed E-state index contributed by atoms with van der Waals surface area (Å²) in [5, 5.41) is 10.6. The SMILES string of the molecule is CCCCCCCCCCCCCCCCC(=O)O[C@H](COC(=O)CCCCCCC)COP(=O)(O)OC[C@H](O)COP(=O)(O)OC[C@@H](COC(=O)CCCCCCCCCCCCCCCC(C)C)OC(=O)CCCCCCCCCCCCCCCCCC(C)C. The third kappa shape index (κ3) is 68.4. The number of carbonyl (C=O) groups excluding carboxylic acids is 4. The van der Waals surface area contributed by atoms with Gasteiger partial charge in [-0.3, -0.25) is 37.3 Å². The summed E-state index contributed by atoms with van der Waals surface area (Å²) >= 11 is 0. The summed E-state index contributed by atoms with van der Waals surface area (Å²) in [6.45, 7) is 9.55. The second-order valence-electron chi connectivity index (χ2n) is 27.6. The first-order valence-corrected chi connectivity index (χ1v) is 41.5. The fraction of sp³-hybridized carbons (Fsp3) is 0.946. The molecule has 3 N–H and O–H groups in total. The predicted octanol–water partition coefficient (Wildman–Crippen LogP) is 21.6. The Balaban J connectivity index is 5.15. The summed E-state index contributed by atoms with van der Waals surface area (Å²) < 4.78 is 68.2. The van der Waals surface area contributed by atoms with Gasteiger partial charge >= 0.3 is 39.5 Å². The van der Waals surface area contributed by atoms with Crippen LogP contribution < -0.4 is 0 Å². The Hall–Kier alpha value is -1.94. The van der Waals surface area contributed by atoms with E-state index < -0.39 is 97.5 Å². The Morgan fingerprint density at radius 1 is 0.290 bits per heavy atom. The molecule has 0 amide bonds. The monoisotopic (exact) mass is 1370 g/mol. The van der Waals surface area contributed by atoms with Crippen LogP contribution in [0.3, 0.4) is 0 Å². The van der Waals surface area contributed by atoms with Crippen LogP contribution in [-0.2, 0) is 65.4 Å². The largest absolute Gasteiger partial charge is 0.472 e. The average Bonchev–Trinajstić information content (AvgIpc) is 3.52. The van der Waals surface area contributed by atoms with Crippen molar-refractivity contribution < 1.29 is 80.2 Å². The number of carbonyl (C=O) groups is 4. The van der Waals surface area contributed by atoms with E-state index in [9.17, 15) is 43.2 Å². The van der Waals surface area contributed by atoms with Crippen molar-refractivity contribution in [2.45, 2.75) is 400 Å². The number of phosphoric ester groups is 2. The van der Waals surface area contributed by atoms with Crippen LogP contribution in [-0.4, -0.2) is 96.7 Å². The number of hydrogen-bond donors (Lipinski definition) is 3. The van der Waals surface area contributed by atoms with Crippen molar-refractivity contribution in [1.82, 2.24) is 0 Å². The molecule has 0 aromatic rings. The van der Waals surface area contributed by atoms with E-state index in [1.165, 1.54) is 193 Å². The van der Waals surface area contributed by atoms with Gasteiger partial charge in [-0.15, -0.1) is 0 Å². The minimum Gasteiger partial charge on any atom is -0.462 e. The minimum atomic E-state index is -4.95. The maximum absolute atomic E-state index is 13.1. The Bertz CT molecular complexity index is 1800. The highest BCUT2D eigenvalue weighted by Crippen LogP contribution is 2.45. The normalized spacial score (nSPS) is 14.1. The van der Waals surface area contributed by atoms with E-state index in [4.69, 9.17) is 37.0 Å². The lowest BCUT2D eigenvalue weighted by Crippen LogP contribution is -2.30. The van der Waals surface area contributed by atoms with Crippen LogP contribution in [0.2, 0.25) is 0 Å². The van der Waals surface area contributed by atoms with Crippen molar-refractivity contribution in [3.63, 3.8) is 0 Å². The molecule has 0 fully saturated rings. The van der Waals surface area contributed by atoms with E-state index in [0.717, 1.165) is 108 Å². The summed E-state index contributed by atoms with van der Waals surface area (Å²) in [4.78, 5) is 72.5. The van der Waals surface area contributed by atoms with Gasteiger partial charge in [0.15, 0.2) is 12.2 Å². The molecule has 2 unspecified atom stereocenters. The molecular weight excluding hydrogens is 1220 g/mol. The number of rotatable bonds is 73. The molecule has 0 saturated carbocycles. The number of esters is 4. The number of ether oxygens (including phenoxy) is 4. The van der Waals surface area contributed by atoms with Gasteiger partial charge in [0, 0.05) is 25.7 Å². The van der Waals surface area contributed by atoms with E-state index in [0.29, 0.717) is 25.7 Å². The van der Waals surface area contributed by atoms with Gasteiger partial charge in [-0.25, -0.2) is 9.13 Å². The van der Waals surface area contributed by atoms with Crippen LogP contribution in [0.1, 0.15) is 382 Å². The van der Waals surface area contributed by atoms with Gasteiger partial charge in [0.1, 0.15) is 19.3 Å². The van der Waals surface area contributed by atoms with Gasteiger partial charge in [-0.05, 0) is 37.5 Å². The molecule has 19 heteroatoms. The first-order valence-electron chi connectivity index (χ1n) is 38.5. The molecule has 552 valence electrons. The van der Waals surface area contributed by atoms with Crippen molar-refractivity contribution in [3.05, 3.63) is 0 Å². The van der Waals surface area contributed by atoms with Gasteiger partial charge in [0.2, 0.25) is 0 Å². The summed E-state index contributed by atoms with van der Waals surface area (Å²) in [5.41, 5.74) is 0. The highest BCUT2D eigenvalue weighted by atomic mass is 31.2. The van der Waals surface area contributed by atoms with Crippen molar-refractivity contribution in [3.8, 4) is 0 Å². The molecule has 0 aliphatic heterocycles. The van der Waals surface area contributed by atoms with E-state index >= 15 is 0 Å². The molecule has 0 saturated heterocycles. The summed E-state index contributed by atoms with van der Waals surface area (Å²) in [6, 6.07) is 0. The molecule has 93 heavy (non-hydrogen) atoms. The maximum atomic E-state index is 13.1. The lowest BCUT2D eigenvalue weighted by Gasteiger charge is -2.21. The van der Waals surface area contributed by atoms with Crippen molar-refractivity contribution >= 4 is 39.5 Å². The van der Waals surface area contributed by atoms with Gasteiger partial charge in [0.05, 0.1) is 26.4 Å². The number of aliphatic hydroxyl groups excluding tert-OH is 1. The standard InChI is InChI=1S/C74H144O17P2/c1-7-9-11-13-14-15-16-17-24-30-35-40-46-52-58-73(78)90-69(62-84-71(76)56-50-42-12-10-8-2)64-88-92(80,81)86-60-68(75)61-87-93(82,83)89-65-70(63-85-72(77)57-51-45-39-34-29-26-21-23-28-33-38-44-49-55-67(5)6)91-74(79)59-53-47-41-36-31-25-20-18-19-22-27-32-37-43-48-54-66(3)4/h66-70,75H,7-65H2,1-6H3,(H,80,81)(H,82,83)/t68-,69+,70+/m0/s1. The van der Waals surface area contributed by atoms with E-state index in [2.05, 4.69) is 41.5 Å². The molecule has 0 spiro atoms. The zero-order valence-electron chi connectivity index (χ0n) is 60.6. The van der Waals surface area contributed by atoms with Crippen molar-refractivity contribution in [2.75, 3.05) is 39.6 Å². The maximum Gasteiger partial charge on any atom is 0.472 e. The lowest BCUT2D eigenvalue weighted by molar-refractivity contribution is -0.161. The number of unbranched alkanes of at least 4 members (excludes halogenated alkanes) is 43. The Morgan fingerprint density at radius 3 is 0.731 bits per heavy atom. The molecule has 0 aromatic carbocycles. The van der Waals surface area contributed by atoms with Crippen LogP contribution >= 0.6 is 15.6 Å². The highest BCUT2D eigenvalue weighted by molar-refractivity contribution is 7.47. The van der Waals surface area contributed by atoms with Gasteiger partial charge in [-0.1, -0.05) is 330 Å². The molecule has 0 aliphatic rings. The van der Waals surface area contributed by atoms with Gasteiger partial charge in [0.25, 0.3) is 0 Å². The van der Waals surface area contributed by atoms with Crippen molar-refractivity contribution in [1.29, 1.82) is 0 Å². The Morgan fingerprint density at radius 2 is 0.495 bits per heavy atom. The third-order valence-electron chi connectivity index (χ3n) is 17.2. The highest BCUT2D eigenvalue weighted by Gasteiger charge is 2.30. The molecular formula is C74H144O17P2.